The summed E-state index contributed by atoms with van der Waals surface area (Å²) in [5, 5.41) is 0.616. The number of benzene rings is 1. The van der Waals surface area contributed by atoms with Gasteiger partial charge in [0.2, 0.25) is 0 Å². The maximum atomic E-state index is 11.4. The Hall–Kier alpha value is -1.26. The molecule has 0 heterocycles. The maximum Gasteiger partial charge on any atom is 0.259 e. The molecule has 0 atom stereocenters. The SMILES string of the molecule is CN(C)C(=O)COc1cccc(Cl)c1CCN. The number of carbonyl (C=O) groups excluding carboxylic acids is 1. The summed E-state index contributed by atoms with van der Waals surface area (Å²) in [5.74, 6) is 0.529. The number of amides is 1. The van der Waals surface area contributed by atoms with Crippen LogP contribution in [0.3, 0.4) is 0 Å². The van der Waals surface area contributed by atoms with Gasteiger partial charge in [-0.05, 0) is 25.1 Å². The van der Waals surface area contributed by atoms with Crippen LogP contribution in [0.25, 0.3) is 0 Å². The van der Waals surface area contributed by atoms with Gasteiger partial charge in [-0.15, -0.1) is 0 Å². The molecule has 0 fully saturated rings. The van der Waals surface area contributed by atoms with Crippen molar-refractivity contribution in [1.82, 2.24) is 4.90 Å². The number of carbonyl (C=O) groups is 1. The van der Waals surface area contributed by atoms with Crippen molar-refractivity contribution in [1.29, 1.82) is 0 Å². The Morgan fingerprint density at radius 1 is 1.47 bits per heavy atom. The highest BCUT2D eigenvalue weighted by molar-refractivity contribution is 6.31. The second-order valence-corrected chi connectivity index (χ2v) is 4.24. The second kappa shape index (κ2) is 6.47. The normalized spacial score (nSPS) is 10.1. The number of nitrogens with zero attached hydrogens (tertiary/aromatic N) is 1. The van der Waals surface area contributed by atoms with E-state index in [1.165, 1.54) is 4.90 Å². The molecule has 0 bridgehead atoms. The standard InChI is InChI=1S/C12H17ClN2O2/c1-15(2)12(16)8-17-11-5-3-4-10(13)9(11)6-7-14/h3-5H,6-8,14H2,1-2H3. The predicted molar refractivity (Wildman–Crippen MR) is 68.4 cm³/mol. The van der Waals surface area contributed by atoms with Crippen molar-refractivity contribution in [2.45, 2.75) is 6.42 Å². The molecule has 1 rings (SSSR count). The van der Waals surface area contributed by atoms with Crippen LogP contribution >= 0.6 is 11.6 Å². The minimum Gasteiger partial charge on any atom is -0.483 e. The van der Waals surface area contributed by atoms with Crippen LogP contribution in [0.2, 0.25) is 5.02 Å². The van der Waals surface area contributed by atoms with E-state index in [1.807, 2.05) is 0 Å². The predicted octanol–water partition coefficient (Wildman–Crippen LogP) is 1.31. The fraction of sp³-hybridized carbons (Fsp3) is 0.417. The zero-order chi connectivity index (χ0) is 12.8. The van der Waals surface area contributed by atoms with Crippen LogP contribution in [0.4, 0.5) is 0 Å². The largest absolute Gasteiger partial charge is 0.483 e. The molecule has 1 aromatic carbocycles. The van der Waals surface area contributed by atoms with Gasteiger partial charge in [0, 0.05) is 24.7 Å². The van der Waals surface area contributed by atoms with Crippen molar-refractivity contribution in [3.05, 3.63) is 28.8 Å². The number of rotatable bonds is 5. The van der Waals surface area contributed by atoms with E-state index in [0.29, 0.717) is 23.7 Å². The zero-order valence-electron chi connectivity index (χ0n) is 10.1. The van der Waals surface area contributed by atoms with E-state index in [2.05, 4.69) is 0 Å². The quantitative estimate of drug-likeness (QED) is 0.864. The molecule has 1 aromatic rings. The van der Waals surface area contributed by atoms with Crippen molar-refractivity contribution in [2.75, 3.05) is 27.2 Å². The molecule has 0 aliphatic carbocycles. The lowest BCUT2D eigenvalue weighted by Gasteiger charge is -2.14. The molecule has 1 amide bonds. The van der Waals surface area contributed by atoms with Crippen molar-refractivity contribution in [2.24, 2.45) is 5.73 Å². The van der Waals surface area contributed by atoms with Crippen LogP contribution in [-0.4, -0.2) is 38.1 Å². The summed E-state index contributed by atoms with van der Waals surface area (Å²) in [7, 11) is 3.37. The fourth-order valence-electron chi connectivity index (χ4n) is 1.33. The molecular formula is C12H17ClN2O2. The first kappa shape index (κ1) is 13.8. The van der Waals surface area contributed by atoms with E-state index in [-0.39, 0.29) is 12.5 Å². The highest BCUT2D eigenvalue weighted by atomic mass is 35.5. The first-order valence-corrected chi connectivity index (χ1v) is 5.74. The average Bonchev–Trinajstić information content (AvgIpc) is 2.29. The Morgan fingerprint density at radius 3 is 2.76 bits per heavy atom. The Bertz CT molecular complexity index is 394. The number of halogens is 1. The molecule has 4 nitrogen and oxygen atoms in total. The lowest BCUT2D eigenvalue weighted by Crippen LogP contribution is -2.27. The number of ether oxygens (including phenoxy) is 1. The molecular weight excluding hydrogens is 240 g/mol. The summed E-state index contributed by atoms with van der Waals surface area (Å²) in [5.41, 5.74) is 6.36. The summed E-state index contributed by atoms with van der Waals surface area (Å²) in [6, 6.07) is 5.37. The van der Waals surface area contributed by atoms with Crippen molar-refractivity contribution >= 4 is 17.5 Å². The molecule has 0 spiro atoms. The van der Waals surface area contributed by atoms with Gasteiger partial charge in [-0.1, -0.05) is 17.7 Å². The Morgan fingerprint density at radius 2 is 2.18 bits per heavy atom. The lowest BCUT2D eigenvalue weighted by molar-refractivity contribution is -0.130. The Kier molecular flexibility index (Phi) is 5.25. The van der Waals surface area contributed by atoms with Crippen molar-refractivity contribution in [3.63, 3.8) is 0 Å². The first-order chi connectivity index (χ1) is 8.06. The summed E-state index contributed by atoms with van der Waals surface area (Å²) in [6.07, 6.45) is 0.630. The molecule has 0 saturated carbocycles. The summed E-state index contributed by atoms with van der Waals surface area (Å²) < 4.78 is 5.46. The second-order valence-electron chi connectivity index (χ2n) is 3.83. The van der Waals surface area contributed by atoms with Crippen LogP contribution < -0.4 is 10.5 Å². The van der Waals surface area contributed by atoms with E-state index in [0.717, 1.165) is 5.56 Å². The zero-order valence-corrected chi connectivity index (χ0v) is 10.8. The number of nitrogens with two attached hydrogens (primary N) is 1. The van der Waals surface area contributed by atoms with Gasteiger partial charge in [0.15, 0.2) is 6.61 Å². The van der Waals surface area contributed by atoms with E-state index in [4.69, 9.17) is 22.1 Å². The molecule has 0 aliphatic heterocycles. The monoisotopic (exact) mass is 256 g/mol. The third-order valence-electron chi connectivity index (χ3n) is 2.32. The molecule has 0 radical (unpaired) electrons. The number of hydrogen-bond acceptors (Lipinski definition) is 3. The van der Waals surface area contributed by atoms with Crippen molar-refractivity contribution < 1.29 is 9.53 Å². The molecule has 0 unspecified atom stereocenters. The molecule has 0 saturated heterocycles. The smallest absolute Gasteiger partial charge is 0.259 e. The molecule has 5 heteroatoms. The van der Waals surface area contributed by atoms with Crippen LogP contribution in [0, 0.1) is 0 Å². The van der Waals surface area contributed by atoms with E-state index in [1.54, 1.807) is 32.3 Å². The minimum absolute atomic E-state index is 0.00487. The summed E-state index contributed by atoms with van der Waals surface area (Å²) >= 11 is 6.06. The Labute approximate surface area is 106 Å². The van der Waals surface area contributed by atoms with Gasteiger partial charge in [0.1, 0.15) is 5.75 Å². The van der Waals surface area contributed by atoms with Crippen LogP contribution in [0.15, 0.2) is 18.2 Å². The molecule has 0 aliphatic rings. The first-order valence-electron chi connectivity index (χ1n) is 5.36. The average molecular weight is 257 g/mol. The topological polar surface area (TPSA) is 55.6 Å². The minimum atomic E-state index is -0.0938. The van der Waals surface area contributed by atoms with E-state index >= 15 is 0 Å². The molecule has 2 N–H and O–H groups in total. The van der Waals surface area contributed by atoms with E-state index in [9.17, 15) is 4.79 Å². The fourth-order valence-corrected chi connectivity index (χ4v) is 1.59. The van der Waals surface area contributed by atoms with Crippen molar-refractivity contribution in [3.8, 4) is 5.75 Å². The summed E-state index contributed by atoms with van der Waals surface area (Å²) in [6.45, 7) is 0.493. The third kappa shape index (κ3) is 3.91. The van der Waals surface area contributed by atoms with Gasteiger partial charge < -0.3 is 15.4 Å². The van der Waals surface area contributed by atoms with Gasteiger partial charge >= 0.3 is 0 Å². The highest BCUT2D eigenvalue weighted by Gasteiger charge is 2.10. The van der Waals surface area contributed by atoms with Crippen LogP contribution in [0.5, 0.6) is 5.75 Å². The number of hydrogen-bond donors (Lipinski definition) is 1. The highest BCUT2D eigenvalue weighted by Crippen LogP contribution is 2.26. The van der Waals surface area contributed by atoms with Gasteiger partial charge in [0.25, 0.3) is 5.91 Å². The third-order valence-corrected chi connectivity index (χ3v) is 2.67. The summed E-state index contributed by atoms with van der Waals surface area (Å²) in [4.78, 5) is 12.9. The lowest BCUT2D eigenvalue weighted by atomic mass is 10.1. The molecule has 0 aromatic heterocycles. The van der Waals surface area contributed by atoms with Crippen LogP contribution in [-0.2, 0) is 11.2 Å². The van der Waals surface area contributed by atoms with Gasteiger partial charge in [-0.3, -0.25) is 4.79 Å². The van der Waals surface area contributed by atoms with E-state index < -0.39 is 0 Å². The van der Waals surface area contributed by atoms with Gasteiger partial charge in [-0.25, -0.2) is 0 Å². The van der Waals surface area contributed by atoms with Gasteiger partial charge in [0.05, 0.1) is 0 Å². The maximum absolute atomic E-state index is 11.4. The molecule has 94 valence electrons. The van der Waals surface area contributed by atoms with Crippen LogP contribution in [0.1, 0.15) is 5.56 Å². The number of likely N-dealkylation sites (N-methyl/N-ethyl adjacent to an activating group) is 1. The van der Waals surface area contributed by atoms with Gasteiger partial charge in [-0.2, -0.15) is 0 Å². The Balaban J connectivity index is 2.76. The molecule has 17 heavy (non-hydrogen) atoms.